The van der Waals surface area contributed by atoms with Crippen molar-refractivity contribution in [3.05, 3.63) is 91.5 Å². The standard InChI is InChI=1S/C70H94FN11O17/c1-5-70(92)50-36-56-62-48(38-82(56)66(88)49(50)40-98-67(70)89)60-53(23-22-47-43(4)51(71)37-55(78-62)59(47)60)79-63(85)52(72)16-11-12-25-76-69(91)99-39-44-18-20-45(21-19-44)77-64(86)54(17-13-26-75-68(73)90)80-65(87)61(42(2)3)81-57(83)24-28-93-30-32-95-34-35-96-33-31-94-29-27-74-58(84)41-97-46-14-9-7-6-8-10-15-46/h18-21,36-37,42,46,52-54,61,92H,5-9,11-14,16-17,22-35,38-41,72H2,1-4H3,(H,74,84)(H,76,91)(H,77,86)(H,79,85)(H,80,87)(H,81,83)(H3,73,75,90)/t46?,52-,53-,54-,61-,70-/m0/s1. The van der Waals surface area contributed by atoms with Crippen LogP contribution in [-0.2, 0) is 93.7 Å². The third-order valence-electron chi connectivity index (χ3n) is 17.8. The number of esters is 1. The number of pyridine rings is 2. The molecule has 2 aliphatic carbocycles. The third kappa shape index (κ3) is 21.2. The van der Waals surface area contributed by atoms with Crippen molar-refractivity contribution in [3.8, 4) is 23.2 Å². The van der Waals surface area contributed by atoms with Crippen LogP contribution in [0.5, 0.6) is 0 Å². The lowest BCUT2D eigenvalue weighted by Gasteiger charge is -2.31. The van der Waals surface area contributed by atoms with Crippen LogP contribution in [0.3, 0.4) is 0 Å². The number of hydrogen-bond acceptors (Lipinski definition) is 19. The van der Waals surface area contributed by atoms with E-state index in [0.717, 1.165) is 37.7 Å². The summed E-state index contributed by atoms with van der Waals surface area (Å²) in [7, 11) is 0. The summed E-state index contributed by atoms with van der Waals surface area (Å²) < 4.78 is 55.4. The van der Waals surface area contributed by atoms with Crippen LogP contribution in [0.1, 0.15) is 149 Å². The molecule has 29 heteroatoms. The second-order valence-electron chi connectivity index (χ2n) is 25.3. The van der Waals surface area contributed by atoms with Gasteiger partial charge in [0.25, 0.3) is 5.56 Å². The minimum absolute atomic E-state index is 0.0361. The Bertz CT molecular complexity index is 3650. The molecule has 8 amide bonds. The number of fused-ring (bicyclic) bond motifs is 5. The molecule has 0 spiro atoms. The number of aromatic nitrogens is 2. The number of hydrogen-bond donors (Lipinski definition) is 10. The van der Waals surface area contributed by atoms with Gasteiger partial charge in [-0.3, -0.25) is 28.8 Å². The van der Waals surface area contributed by atoms with E-state index in [1.54, 1.807) is 58.0 Å². The van der Waals surface area contributed by atoms with Crippen LogP contribution < -0.4 is 54.2 Å². The molecular weight excluding hydrogens is 1290 g/mol. The Morgan fingerprint density at radius 3 is 2.24 bits per heavy atom. The average Bonchev–Trinajstić information content (AvgIpc) is 1.61. The Hall–Kier alpha value is -8.63. The van der Waals surface area contributed by atoms with Crippen molar-refractivity contribution in [2.24, 2.45) is 17.4 Å². The molecule has 0 saturated carbocycles. The van der Waals surface area contributed by atoms with Gasteiger partial charge in [0.15, 0.2) is 5.60 Å². The van der Waals surface area contributed by atoms with Gasteiger partial charge in [-0.1, -0.05) is 45.2 Å². The van der Waals surface area contributed by atoms with E-state index < -0.39 is 82.9 Å². The second kappa shape index (κ2) is 37.5. The fourth-order valence-electron chi connectivity index (χ4n) is 12.3. The zero-order valence-corrected chi connectivity index (χ0v) is 56.8. The summed E-state index contributed by atoms with van der Waals surface area (Å²) in [5.74, 6) is 2.28. The number of nitrogens with zero attached hydrogens (tertiary/aromatic N) is 2. The first kappa shape index (κ1) is 76.1. The Kier molecular flexibility index (Phi) is 28.9. The number of benzene rings is 2. The van der Waals surface area contributed by atoms with E-state index in [-0.39, 0.29) is 120 Å². The highest BCUT2D eigenvalue weighted by Gasteiger charge is 2.46. The molecule has 4 aromatic rings. The predicted molar refractivity (Wildman–Crippen MR) is 361 cm³/mol. The van der Waals surface area contributed by atoms with Gasteiger partial charge in [0.1, 0.15) is 43.8 Å². The van der Waals surface area contributed by atoms with Crippen molar-refractivity contribution >= 4 is 64.2 Å². The Morgan fingerprint density at radius 1 is 0.808 bits per heavy atom. The fourth-order valence-corrected chi connectivity index (χ4v) is 12.3. The molecule has 8 rings (SSSR count). The minimum atomic E-state index is -2.04. The summed E-state index contributed by atoms with van der Waals surface area (Å²) in [4.78, 5) is 122. The maximum Gasteiger partial charge on any atom is 0.407 e. The van der Waals surface area contributed by atoms with Gasteiger partial charge < -0.3 is 91.5 Å². The van der Waals surface area contributed by atoms with E-state index in [1.165, 1.54) is 10.6 Å². The first-order valence-electron chi connectivity index (χ1n) is 34.2. The van der Waals surface area contributed by atoms with Gasteiger partial charge in [-0.2, -0.15) is 0 Å². The Balaban J connectivity index is 0.704. The summed E-state index contributed by atoms with van der Waals surface area (Å²) in [6.07, 6.45) is 6.45. The van der Waals surface area contributed by atoms with Crippen molar-refractivity contribution in [1.29, 1.82) is 0 Å². The van der Waals surface area contributed by atoms with Gasteiger partial charge in [-0.05, 0) is 124 Å². The summed E-state index contributed by atoms with van der Waals surface area (Å²) >= 11 is 0. The number of alkyl carbamates (subject to hydrolysis) is 1. The lowest BCUT2D eigenvalue weighted by Crippen LogP contribution is -2.54. The zero-order valence-electron chi connectivity index (χ0n) is 56.8. The van der Waals surface area contributed by atoms with Crippen molar-refractivity contribution in [2.75, 3.05) is 84.4 Å². The van der Waals surface area contributed by atoms with Gasteiger partial charge in [-0.25, -0.2) is 23.8 Å². The van der Waals surface area contributed by atoms with Crippen LogP contribution in [-0.4, -0.2) is 166 Å². The van der Waals surface area contributed by atoms with Crippen molar-refractivity contribution < 1.29 is 81.0 Å². The molecule has 2 aromatic heterocycles. The summed E-state index contributed by atoms with van der Waals surface area (Å²) in [6, 6.07) is 5.09. The predicted octanol–water partition coefficient (Wildman–Crippen LogP) is 3.99. The lowest BCUT2D eigenvalue weighted by atomic mass is 9.81. The van der Waals surface area contributed by atoms with E-state index in [0.29, 0.717) is 115 Å². The van der Waals surface area contributed by atoms with E-state index in [9.17, 15) is 48.3 Å². The highest BCUT2D eigenvalue weighted by atomic mass is 19.1. The topological polar surface area (TPSA) is 393 Å². The highest BCUT2D eigenvalue weighted by molar-refractivity contribution is 5.99. The van der Waals surface area contributed by atoms with Gasteiger partial charge in [0.05, 0.1) is 94.0 Å². The molecule has 0 bridgehead atoms. The van der Waals surface area contributed by atoms with E-state index in [4.69, 9.17) is 49.6 Å². The molecule has 12 N–H and O–H groups in total. The molecule has 1 unspecified atom stereocenters. The zero-order chi connectivity index (χ0) is 71.0. The molecule has 538 valence electrons. The molecule has 4 aliphatic rings. The molecule has 6 atom stereocenters. The number of nitrogens with two attached hydrogens (primary N) is 2. The molecule has 99 heavy (non-hydrogen) atoms. The molecule has 2 aliphatic heterocycles. The second-order valence-corrected chi connectivity index (χ2v) is 25.3. The van der Waals surface area contributed by atoms with Gasteiger partial charge in [0, 0.05) is 60.7 Å². The summed E-state index contributed by atoms with van der Waals surface area (Å²) in [5, 5.41) is 31.5. The van der Waals surface area contributed by atoms with Gasteiger partial charge in [-0.15, -0.1) is 5.92 Å². The minimum Gasteiger partial charge on any atom is -0.458 e. The number of cyclic esters (lactones) is 1. The van der Waals surface area contributed by atoms with Crippen LogP contribution in [0, 0.1) is 30.5 Å². The van der Waals surface area contributed by atoms with E-state index >= 15 is 4.39 Å². The van der Waals surface area contributed by atoms with Crippen LogP contribution >= 0.6 is 0 Å². The number of ether oxygens (including phenoxy) is 7. The molecule has 2 aromatic carbocycles. The monoisotopic (exact) mass is 1380 g/mol. The molecule has 0 saturated heterocycles. The number of amides is 8. The quantitative estimate of drug-likeness (QED) is 0.0152. The van der Waals surface area contributed by atoms with Gasteiger partial charge in [0.2, 0.25) is 29.5 Å². The number of anilines is 1. The fraction of sp³-hybridized carbons (Fsp3) is 0.571. The normalized spacial score (nSPS) is 17.6. The van der Waals surface area contributed by atoms with Crippen LogP contribution in [0.2, 0.25) is 0 Å². The first-order chi connectivity index (χ1) is 47.7. The Morgan fingerprint density at radius 2 is 1.53 bits per heavy atom. The SMILES string of the molecule is CC[C@@]1(O)C(=O)OCc2c1cc1n(c2=O)Cc2c-1nc1cc(F)c(C)c3c1c2[C@@H](NC(=O)[C@@H](N)CCCCNC(=O)OCc1ccc(NC(=O)[C@H](CCCNC(N)=O)NC(=O)[C@@H](NC(=O)CCOCCOCCOCCOCCNC(=O)COC2C#CCCCCC2)C(C)C)cc1)CC3. The average molecular weight is 1380 g/mol. The van der Waals surface area contributed by atoms with Crippen molar-refractivity contribution in [2.45, 2.75) is 173 Å². The number of aryl methyl sites for hydroxylation is 1. The van der Waals surface area contributed by atoms with Crippen LogP contribution in [0.15, 0.2) is 41.2 Å². The number of unbranched alkanes of at least 4 members (excludes halogenated alkanes) is 1. The van der Waals surface area contributed by atoms with E-state index in [1.807, 2.05) is 0 Å². The van der Waals surface area contributed by atoms with Crippen LogP contribution in [0.25, 0.3) is 22.3 Å². The number of rotatable bonds is 38. The molecule has 0 fully saturated rings. The lowest BCUT2D eigenvalue weighted by molar-refractivity contribution is -0.172. The number of aliphatic hydroxyl groups is 1. The van der Waals surface area contributed by atoms with Crippen LogP contribution in [0.4, 0.5) is 19.7 Å². The largest absolute Gasteiger partial charge is 0.458 e. The summed E-state index contributed by atoms with van der Waals surface area (Å²) in [6.45, 7) is 9.38. The number of nitrogens with one attached hydrogen (secondary N) is 7. The van der Waals surface area contributed by atoms with Crippen molar-refractivity contribution in [1.82, 2.24) is 41.5 Å². The number of primary amides is 1. The number of halogens is 1. The maximum atomic E-state index is 15.5. The van der Waals surface area contributed by atoms with E-state index in [2.05, 4.69) is 49.1 Å². The number of urea groups is 1. The smallest absolute Gasteiger partial charge is 0.407 e. The third-order valence-corrected chi connectivity index (χ3v) is 17.8. The number of carbonyl (C=O) groups is 8. The molecular formula is C70H94FN11O17. The molecule has 28 nitrogen and oxygen atoms in total. The first-order valence-corrected chi connectivity index (χ1v) is 34.2. The number of carbonyl (C=O) groups excluding carboxylic acids is 8. The van der Waals surface area contributed by atoms with Crippen molar-refractivity contribution in [3.63, 3.8) is 0 Å². The highest BCUT2D eigenvalue weighted by Crippen LogP contribution is 2.46. The Labute approximate surface area is 574 Å². The summed E-state index contributed by atoms with van der Waals surface area (Å²) in [5.41, 5.74) is 14.2. The molecule has 0 radical (unpaired) electrons. The van der Waals surface area contributed by atoms with Gasteiger partial charge >= 0.3 is 18.1 Å². The molecule has 4 heterocycles. The maximum absolute atomic E-state index is 15.5.